The average molecular weight is 286 g/mol. The predicted octanol–water partition coefficient (Wildman–Crippen LogP) is 2.82. The van der Waals surface area contributed by atoms with Crippen LogP contribution in [0.1, 0.15) is 30.7 Å². The van der Waals surface area contributed by atoms with E-state index < -0.39 is 0 Å². The van der Waals surface area contributed by atoms with Crippen LogP contribution in [-0.4, -0.2) is 11.1 Å². The van der Waals surface area contributed by atoms with E-state index in [0.29, 0.717) is 6.42 Å². The summed E-state index contributed by atoms with van der Waals surface area (Å²) in [7, 11) is 1.82. The van der Waals surface area contributed by atoms with E-state index in [1.165, 1.54) is 12.1 Å². The summed E-state index contributed by atoms with van der Waals surface area (Å²) < 4.78 is 14.7. The Kier molecular flexibility index (Phi) is 3.12. The second kappa shape index (κ2) is 4.72. The summed E-state index contributed by atoms with van der Waals surface area (Å²) in [5, 5.41) is 3.42. The smallest absolute Gasteiger partial charge is 0.250 e. The maximum Gasteiger partial charge on any atom is 0.250 e. The molecule has 0 saturated carbocycles. The van der Waals surface area contributed by atoms with Crippen LogP contribution in [0.25, 0.3) is 0 Å². The van der Waals surface area contributed by atoms with Crippen molar-refractivity contribution in [3.05, 3.63) is 63.3 Å². The molecule has 1 aliphatic heterocycles. The van der Waals surface area contributed by atoms with Gasteiger partial charge in [0.15, 0.2) is 0 Å². The molecule has 0 saturated heterocycles. The highest BCUT2D eigenvalue weighted by Gasteiger charge is 2.34. The minimum absolute atomic E-state index is 0.00244. The summed E-state index contributed by atoms with van der Waals surface area (Å²) in [4.78, 5) is 12.2. The fraction of sp³-hybridized carbons (Fsp3) is 0.353. The second-order valence-electron chi connectivity index (χ2n) is 6.33. The average Bonchev–Trinajstić information content (AvgIpc) is 2.74. The number of benzene rings is 1. The van der Waals surface area contributed by atoms with Gasteiger partial charge < -0.3 is 9.88 Å². The molecule has 2 heterocycles. The highest BCUT2D eigenvalue weighted by molar-refractivity contribution is 5.63. The third-order valence-corrected chi connectivity index (χ3v) is 4.18. The molecule has 0 amide bonds. The number of rotatable bonds is 2. The topological polar surface area (TPSA) is 34.0 Å². The normalized spacial score (nSPS) is 15.6. The molecular weight excluding hydrogens is 267 g/mol. The van der Waals surface area contributed by atoms with Gasteiger partial charge >= 0.3 is 0 Å². The predicted molar refractivity (Wildman–Crippen MR) is 82.4 cm³/mol. The zero-order valence-electron chi connectivity index (χ0n) is 12.5. The Balaban J connectivity index is 2.09. The molecule has 0 radical (unpaired) electrons. The van der Waals surface area contributed by atoms with Crippen molar-refractivity contribution in [2.75, 3.05) is 11.9 Å². The van der Waals surface area contributed by atoms with Gasteiger partial charge in [-0.3, -0.25) is 4.79 Å². The number of hydrogen-bond acceptors (Lipinski definition) is 2. The first kappa shape index (κ1) is 13.9. The fourth-order valence-corrected chi connectivity index (χ4v) is 3.09. The third-order valence-electron chi connectivity index (χ3n) is 4.18. The molecule has 2 aromatic rings. The Hall–Kier alpha value is -2.10. The Morgan fingerprint density at radius 1 is 1.29 bits per heavy atom. The van der Waals surface area contributed by atoms with Crippen LogP contribution in [0.3, 0.4) is 0 Å². The highest BCUT2D eigenvalue weighted by Crippen LogP contribution is 2.37. The largest absolute Gasteiger partial charge is 0.382 e. The van der Waals surface area contributed by atoms with Crippen molar-refractivity contribution in [3.63, 3.8) is 0 Å². The zero-order valence-corrected chi connectivity index (χ0v) is 12.5. The molecule has 1 aromatic heterocycles. The van der Waals surface area contributed by atoms with E-state index in [2.05, 4.69) is 19.2 Å². The summed E-state index contributed by atoms with van der Waals surface area (Å²) in [5.74, 6) is -0.243. The molecule has 0 aliphatic carbocycles. The van der Waals surface area contributed by atoms with Crippen LogP contribution < -0.4 is 10.9 Å². The van der Waals surface area contributed by atoms with Crippen molar-refractivity contribution in [1.82, 2.24) is 4.57 Å². The van der Waals surface area contributed by atoms with E-state index in [0.717, 1.165) is 29.1 Å². The van der Waals surface area contributed by atoms with Gasteiger partial charge in [0.1, 0.15) is 5.82 Å². The van der Waals surface area contributed by atoms with Gasteiger partial charge in [0.25, 0.3) is 5.56 Å². The number of nitrogens with one attached hydrogen (secondary N) is 1. The first-order valence-electron chi connectivity index (χ1n) is 7.10. The van der Waals surface area contributed by atoms with Crippen LogP contribution in [0.5, 0.6) is 0 Å². The first-order chi connectivity index (χ1) is 9.88. The molecule has 21 heavy (non-hydrogen) atoms. The van der Waals surface area contributed by atoms with E-state index in [4.69, 9.17) is 0 Å². The molecule has 0 atom stereocenters. The Morgan fingerprint density at radius 3 is 2.62 bits per heavy atom. The number of hydrogen-bond donors (Lipinski definition) is 1. The zero-order chi connectivity index (χ0) is 15.2. The monoisotopic (exact) mass is 286 g/mol. The molecule has 110 valence electrons. The first-order valence-corrected chi connectivity index (χ1v) is 7.10. The van der Waals surface area contributed by atoms with Crippen molar-refractivity contribution < 1.29 is 4.39 Å². The number of anilines is 1. The third kappa shape index (κ3) is 2.35. The van der Waals surface area contributed by atoms with Gasteiger partial charge in [-0.1, -0.05) is 26.0 Å². The van der Waals surface area contributed by atoms with Crippen LogP contribution in [0.2, 0.25) is 0 Å². The standard InChI is InChI=1S/C17H19FN2O/c1-17(2)10-19-15-12(9-14(21)20(3)16(15)17)8-11-4-6-13(18)7-5-11/h4-7,9,19H,8,10H2,1-3H3. The lowest BCUT2D eigenvalue weighted by atomic mass is 9.89. The van der Waals surface area contributed by atoms with Gasteiger partial charge in [-0.25, -0.2) is 4.39 Å². The Bertz CT molecular complexity index is 745. The quantitative estimate of drug-likeness (QED) is 0.921. The summed E-state index contributed by atoms with van der Waals surface area (Å²) in [6, 6.07) is 8.11. The minimum atomic E-state index is -0.243. The summed E-state index contributed by atoms with van der Waals surface area (Å²) >= 11 is 0. The van der Waals surface area contributed by atoms with Gasteiger partial charge in [0.2, 0.25) is 0 Å². The fourth-order valence-electron chi connectivity index (χ4n) is 3.09. The maximum absolute atomic E-state index is 13.0. The van der Waals surface area contributed by atoms with Gasteiger partial charge in [0.05, 0.1) is 11.4 Å². The van der Waals surface area contributed by atoms with Gasteiger partial charge in [-0.15, -0.1) is 0 Å². The molecule has 1 aromatic carbocycles. The summed E-state index contributed by atoms with van der Waals surface area (Å²) in [5.41, 5.74) is 4.01. The van der Waals surface area contributed by atoms with E-state index >= 15 is 0 Å². The van der Waals surface area contributed by atoms with Crippen LogP contribution in [-0.2, 0) is 18.9 Å². The van der Waals surface area contributed by atoms with Crippen molar-refractivity contribution >= 4 is 5.69 Å². The lowest BCUT2D eigenvalue weighted by Crippen LogP contribution is -2.28. The Morgan fingerprint density at radius 2 is 1.95 bits per heavy atom. The second-order valence-corrected chi connectivity index (χ2v) is 6.33. The van der Waals surface area contributed by atoms with Crippen LogP contribution in [0.4, 0.5) is 10.1 Å². The molecule has 3 nitrogen and oxygen atoms in total. The van der Waals surface area contributed by atoms with Crippen molar-refractivity contribution in [1.29, 1.82) is 0 Å². The SMILES string of the molecule is Cn1c2c(c(Cc3ccc(F)cc3)cc1=O)NCC2(C)C. The molecule has 1 N–H and O–H groups in total. The van der Waals surface area contributed by atoms with Crippen LogP contribution >= 0.6 is 0 Å². The number of fused-ring (bicyclic) bond motifs is 1. The number of halogens is 1. The molecular formula is C17H19FN2O. The summed E-state index contributed by atoms with van der Waals surface area (Å²) in [6.45, 7) is 5.08. The number of aromatic nitrogens is 1. The van der Waals surface area contributed by atoms with Gasteiger partial charge in [0, 0.05) is 25.1 Å². The van der Waals surface area contributed by atoms with Gasteiger partial charge in [-0.05, 0) is 29.7 Å². The van der Waals surface area contributed by atoms with E-state index in [9.17, 15) is 9.18 Å². The van der Waals surface area contributed by atoms with E-state index in [-0.39, 0.29) is 16.8 Å². The van der Waals surface area contributed by atoms with E-state index in [1.807, 2.05) is 7.05 Å². The highest BCUT2D eigenvalue weighted by atomic mass is 19.1. The summed E-state index contributed by atoms with van der Waals surface area (Å²) in [6.07, 6.45) is 0.627. The molecule has 1 aliphatic rings. The lowest BCUT2D eigenvalue weighted by Gasteiger charge is -2.20. The van der Waals surface area contributed by atoms with Crippen LogP contribution in [0.15, 0.2) is 35.1 Å². The van der Waals surface area contributed by atoms with E-state index in [1.54, 1.807) is 22.8 Å². The minimum Gasteiger partial charge on any atom is -0.382 e. The number of pyridine rings is 1. The molecule has 4 heteroatoms. The van der Waals surface area contributed by atoms with Crippen molar-refractivity contribution in [2.45, 2.75) is 25.7 Å². The molecule has 0 unspecified atom stereocenters. The van der Waals surface area contributed by atoms with Crippen LogP contribution in [0, 0.1) is 5.82 Å². The molecule has 0 bridgehead atoms. The number of nitrogens with zero attached hydrogens (tertiary/aromatic N) is 1. The Labute approximate surface area is 123 Å². The maximum atomic E-state index is 13.0. The van der Waals surface area contributed by atoms with Crippen molar-refractivity contribution in [3.8, 4) is 0 Å². The van der Waals surface area contributed by atoms with Crippen molar-refractivity contribution in [2.24, 2.45) is 7.05 Å². The van der Waals surface area contributed by atoms with Gasteiger partial charge in [-0.2, -0.15) is 0 Å². The molecule has 0 spiro atoms. The molecule has 0 fully saturated rings. The lowest BCUT2D eigenvalue weighted by molar-refractivity contribution is 0.536. The molecule has 3 rings (SSSR count).